The number of nitriles is 1. The zero-order valence-electron chi connectivity index (χ0n) is 10.1. The van der Waals surface area contributed by atoms with Gasteiger partial charge in [0.15, 0.2) is 5.82 Å². The van der Waals surface area contributed by atoms with E-state index in [1.54, 1.807) is 0 Å². The SMILES string of the molecule is N#Cc1ccc(F)c(CNc2cc(Cl)c(F)c(Cl)c2)c1. The summed E-state index contributed by atoms with van der Waals surface area (Å²) in [6, 6.07) is 8.70. The number of hydrogen-bond donors (Lipinski definition) is 1. The zero-order chi connectivity index (χ0) is 14.7. The molecule has 0 saturated heterocycles. The van der Waals surface area contributed by atoms with E-state index in [0.29, 0.717) is 16.8 Å². The van der Waals surface area contributed by atoms with Crippen molar-refractivity contribution in [2.75, 3.05) is 5.32 Å². The number of hydrogen-bond acceptors (Lipinski definition) is 2. The molecule has 0 heterocycles. The number of anilines is 1. The summed E-state index contributed by atoms with van der Waals surface area (Å²) in [5.74, 6) is -1.13. The highest BCUT2D eigenvalue weighted by Crippen LogP contribution is 2.27. The predicted octanol–water partition coefficient (Wildman–Crippen LogP) is 4.76. The standard InChI is InChI=1S/C14H8Cl2F2N2/c15-11-4-10(5-12(16)14(11)18)20-7-9-3-8(6-19)1-2-13(9)17/h1-5,20H,7H2. The Morgan fingerprint density at radius 2 is 1.75 bits per heavy atom. The first-order valence-electron chi connectivity index (χ1n) is 5.58. The summed E-state index contributed by atoms with van der Waals surface area (Å²) in [6.07, 6.45) is 0. The van der Waals surface area contributed by atoms with Crippen LogP contribution in [0.5, 0.6) is 0 Å². The van der Waals surface area contributed by atoms with Gasteiger partial charge < -0.3 is 5.32 Å². The van der Waals surface area contributed by atoms with Crippen molar-refractivity contribution in [2.45, 2.75) is 6.54 Å². The number of nitrogens with one attached hydrogen (secondary N) is 1. The van der Waals surface area contributed by atoms with Crippen LogP contribution in [0.1, 0.15) is 11.1 Å². The monoisotopic (exact) mass is 312 g/mol. The molecule has 1 N–H and O–H groups in total. The van der Waals surface area contributed by atoms with Crippen LogP contribution in [-0.4, -0.2) is 0 Å². The number of nitrogens with zero attached hydrogens (tertiary/aromatic N) is 1. The number of benzene rings is 2. The van der Waals surface area contributed by atoms with E-state index in [1.165, 1.54) is 30.3 Å². The Balaban J connectivity index is 2.19. The third kappa shape index (κ3) is 3.19. The average molecular weight is 313 g/mol. The van der Waals surface area contributed by atoms with Crippen molar-refractivity contribution in [3.8, 4) is 6.07 Å². The summed E-state index contributed by atoms with van der Waals surface area (Å²) in [5.41, 5.74) is 1.14. The van der Waals surface area contributed by atoms with Crippen molar-refractivity contribution in [3.63, 3.8) is 0 Å². The van der Waals surface area contributed by atoms with E-state index in [4.69, 9.17) is 28.5 Å². The topological polar surface area (TPSA) is 35.8 Å². The van der Waals surface area contributed by atoms with Gasteiger partial charge >= 0.3 is 0 Å². The second kappa shape index (κ2) is 6.08. The molecule has 0 unspecified atom stereocenters. The van der Waals surface area contributed by atoms with Crippen LogP contribution >= 0.6 is 23.2 Å². The molecule has 0 aliphatic heterocycles. The van der Waals surface area contributed by atoms with Crippen molar-refractivity contribution in [2.24, 2.45) is 0 Å². The molecule has 0 radical (unpaired) electrons. The van der Waals surface area contributed by atoms with E-state index in [9.17, 15) is 8.78 Å². The normalized spacial score (nSPS) is 10.2. The maximum absolute atomic E-state index is 13.6. The van der Waals surface area contributed by atoms with Crippen LogP contribution in [0.4, 0.5) is 14.5 Å². The lowest BCUT2D eigenvalue weighted by molar-refractivity contribution is 0.612. The second-order valence-corrected chi connectivity index (χ2v) is 4.84. The lowest BCUT2D eigenvalue weighted by Crippen LogP contribution is -2.02. The van der Waals surface area contributed by atoms with Gasteiger partial charge in [0.05, 0.1) is 21.7 Å². The highest BCUT2D eigenvalue weighted by Gasteiger charge is 2.08. The van der Waals surface area contributed by atoms with Gasteiger partial charge in [0.2, 0.25) is 0 Å². The smallest absolute Gasteiger partial charge is 0.160 e. The summed E-state index contributed by atoms with van der Waals surface area (Å²) in [4.78, 5) is 0. The lowest BCUT2D eigenvalue weighted by atomic mass is 10.1. The predicted molar refractivity (Wildman–Crippen MR) is 74.9 cm³/mol. The van der Waals surface area contributed by atoms with Crippen molar-refractivity contribution in [1.82, 2.24) is 0 Å². The van der Waals surface area contributed by atoms with E-state index >= 15 is 0 Å². The van der Waals surface area contributed by atoms with Crippen LogP contribution in [0.25, 0.3) is 0 Å². The fourth-order valence-corrected chi connectivity index (χ4v) is 2.12. The van der Waals surface area contributed by atoms with E-state index < -0.39 is 11.6 Å². The molecule has 0 bridgehead atoms. The second-order valence-electron chi connectivity index (χ2n) is 4.03. The Morgan fingerprint density at radius 3 is 2.35 bits per heavy atom. The van der Waals surface area contributed by atoms with Gasteiger partial charge in [0.25, 0.3) is 0 Å². The highest BCUT2D eigenvalue weighted by molar-refractivity contribution is 6.35. The molecular weight excluding hydrogens is 305 g/mol. The lowest BCUT2D eigenvalue weighted by Gasteiger charge is -2.09. The van der Waals surface area contributed by atoms with Gasteiger partial charge in [-0.1, -0.05) is 23.2 Å². The molecule has 2 aromatic carbocycles. The molecular formula is C14H8Cl2F2N2. The van der Waals surface area contributed by atoms with E-state index in [0.717, 1.165) is 0 Å². The number of halogens is 4. The summed E-state index contributed by atoms with van der Waals surface area (Å²) in [6.45, 7) is 0.125. The Hall–Kier alpha value is -1.83. The minimum Gasteiger partial charge on any atom is -0.381 e. The third-order valence-electron chi connectivity index (χ3n) is 2.64. The molecule has 0 aliphatic carbocycles. The molecule has 6 heteroatoms. The molecule has 102 valence electrons. The van der Waals surface area contributed by atoms with Crippen molar-refractivity contribution in [3.05, 3.63) is 63.1 Å². The Morgan fingerprint density at radius 1 is 1.10 bits per heavy atom. The van der Waals surface area contributed by atoms with E-state index in [-0.39, 0.29) is 16.6 Å². The van der Waals surface area contributed by atoms with Crippen LogP contribution in [0, 0.1) is 23.0 Å². The molecule has 0 aromatic heterocycles. The molecule has 0 spiro atoms. The average Bonchev–Trinajstić information content (AvgIpc) is 2.43. The number of rotatable bonds is 3. The molecule has 2 nitrogen and oxygen atoms in total. The fraction of sp³-hybridized carbons (Fsp3) is 0.0714. The maximum atomic E-state index is 13.6. The fourth-order valence-electron chi connectivity index (χ4n) is 1.63. The molecule has 2 aromatic rings. The first-order chi connectivity index (χ1) is 9.51. The first-order valence-corrected chi connectivity index (χ1v) is 6.34. The molecule has 2 rings (SSSR count). The largest absolute Gasteiger partial charge is 0.381 e. The van der Waals surface area contributed by atoms with Crippen LogP contribution in [0.15, 0.2) is 30.3 Å². The van der Waals surface area contributed by atoms with Gasteiger partial charge in [-0.3, -0.25) is 0 Å². The van der Waals surface area contributed by atoms with E-state index in [2.05, 4.69) is 5.32 Å². The maximum Gasteiger partial charge on any atom is 0.160 e. The molecule has 0 fully saturated rings. The Labute approximate surface area is 124 Å². The molecule has 20 heavy (non-hydrogen) atoms. The molecule has 0 saturated carbocycles. The third-order valence-corrected chi connectivity index (χ3v) is 3.19. The van der Waals surface area contributed by atoms with Crippen LogP contribution in [0.2, 0.25) is 10.0 Å². The van der Waals surface area contributed by atoms with Gasteiger partial charge in [-0.05, 0) is 30.3 Å². The van der Waals surface area contributed by atoms with Gasteiger partial charge in [-0.25, -0.2) is 8.78 Å². The van der Waals surface area contributed by atoms with Crippen LogP contribution in [0.3, 0.4) is 0 Å². The van der Waals surface area contributed by atoms with Crippen molar-refractivity contribution >= 4 is 28.9 Å². The Kier molecular flexibility index (Phi) is 4.43. The first kappa shape index (κ1) is 14.6. The van der Waals surface area contributed by atoms with Gasteiger partial charge in [0, 0.05) is 17.8 Å². The summed E-state index contributed by atoms with van der Waals surface area (Å²) < 4.78 is 26.8. The van der Waals surface area contributed by atoms with Crippen LogP contribution < -0.4 is 5.32 Å². The van der Waals surface area contributed by atoms with Crippen LogP contribution in [-0.2, 0) is 6.54 Å². The summed E-state index contributed by atoms with van der Waals surface area (Å²) >= 11 is 11.3. The van der Waals surface area contributed by atoms with Gasteiger partial charge in [-0.2, -0.15) is 5.26 Å². The minimum absolute atomic E-state index is 0.119. The summed E-state index contributed by atoms with van der Waals surface area (Å²) in [7, 11) is 0. The molecule has 0 aliphatic rings. The van der Waals surface area contributed by atoms with Crippen molar-refractivity contribution in [1.29, 1.82) is 5.26 Å². The Bertz CT molecular complexity index is 673. The van der Waals surface area contributed by atoms with E-state index in [1.807, 2.05) is 6.07 Å². The minimum atomic E-state index is -0.698. The molecule has 0 amide bonds. The quantitative estimate of drug-likeness (QED) is 0.830. The summed E-state index contributed by atoms with van der Waals surface area (Å²) in [5, 5.41) is 11.4. The van der Waals surface area contributed by atoms with Crippen molar-refractivity contribution < 1.29 is 8.78 Å². The van der Waals surface area contributed by atoms with Gasteiger partial charge in [-0.15, -0.1) is 0 Å². The zero-order valence-corrected chi connectivity index (χ0v) is 11.6. The molecule has 0 atom stereocenters. The van der Waals surface area contributed by atoms with Gasteiger partial charge in [0.1, 0.15) is 5.82 Å². The highest BCUT2D eigenvalue weighted by atomic mass is 35.5.